The Morgan fingerprint density at radius 3 is 1.28 bits per heavy atom. The lowest BCUT2D eigenvalue weighted by Crippen LogP contribution is -2.34. The highest BCUT2D eigenvalue weighted by Crippen LogP contribution is 2.32. The van der Waals surface area contributed by atoms with E-state index in [0.717, 1.165) is 37.5 Å². The molecule has 0 aliphatic carbocycles. The average molecular weight is 553 g/mol. The Labute approximate surface area is 244 Å². The zero-order valence-electron chi connectivity index (χ0n) is 27.4. The minimum atomic E-state index is -0.592. The van der Waals surface area contributed by atoms with Crippen molar-refractivity contribution in [1.29, 1.82) is 0 Å². The topological polar surface area (TPSA) is 52.6 Å². The lowest BCUT2D eigenvalue weighted by molar-refractivity contribution is -0.158. The first-order valence-corrected chi connectivity index (χ1v) is 16.9. The molecule has 0 radical (unpaired) electrons. The Morgan fingerprint density at radius 1 is 0.513 bits per heavy atom. The molecule has 1 atom stereocenters. The van der Waals surface area contributed by atoms with Crippen molar-refractivity contribution < 1.29 is 19.1 Å². The Balaban J connectivity index is 3.74. The fourth-order valence-electron chi connectivity index (χ4n) is 4.94. The Morgan fingerprint density at radius 2 is 0.872 bits per heavy atom. The molecular weight excluding hydrogens is 484 g/mol. The van der Waals surface area contributed by atoms with Crippen LogP contribution in [0.4, 0.5) is 0 Å². The van der Waals surface area contributed by atoms with Gasteiger partial charge in [0.15, 0.2) is 0 Å². The van der Waals surface area contributed by atoms with Crippen molar-refractivity contribution in [2.45, 2.75) is 177 Å². The summed E-state index contributed by atoms with van der Waals surface area (Å²) in [4.78, 5) is 24.9. The van der Waals surface area contributed by atoms with Crippen LogP contribution in [0.3, 0.4) is 0 Å². The van der Waals surface area contributed by atoms with E-state index in [9.17, 15) is 9.59 Å². The Hall–Kier alpha value is -1.06. The molecule has 0 aromatic carbocycles. The van der Waals surface area contributed by atoms with Crippen molar-refractivity contribution in [3.63, 3.8) is 0 Å². The summed E-state index contributed by atoms with van der Waals surface area (Å²) in [6.07, 6.45) is 23.7. The first-order chi connectivity index (χ1) is 18.6. The second-order valence-corrected chi connectivity index (χ2v) is 13.5. The van der Waals surface area contributed by atoms with E-state index in [1.54, 1.807) is 0 Å². The van der Waals surface area contributed by atoms with Crippen LogP contribution in [-0.2, 0) is 19.1 Å². The third-order valence-electron chi connectivity index (χ3n) is 8.39. The van der Waals surface area contributed by atoms with Crippen molar-refractivity contribution >= 4 is 11.9 Å². The van der Waals surface area contributed by atoms with Crippen molar-refractivity contribution in [2.24, 2.45) is 23.2 Å². The maximum Gasteiger partial charge on any atom is 0.311 e. The molecule has 4 heteroatoms. The number of hydrogen-bond donors (Lipinski definition) is 0. The number of carbonyl (C=O) groups is 2. The molecule has 0 rings (SSSR count). The van der Waals surface area contributed by atoms with E-state index in [-0.39, 0.29) is 17.9 Å². The lowest BCUT2D eigenvalue weighted by atomic mass is 9.77. The van der Waals surface area contributed by atoms with Gasteiger partial charge in [-0.2, -0.15) is 0 Å². The van der Waals surface area contributed by atoms with E-state index in [1.807, 2.05) is 20.8 Å². The van der Waals surface area contributed by atoms with Gasteiger partial charge in [-0.15, -0.1) is 0 Å². The molecule has 1 unspecified atom stereocenters. The summed E-state index contributed by atoms with van der Waals surface area (Å²) in [5.74, 6) is 1.43. The summed E-state index contributed by atoms with van der Waals surface area (Å²) in [5.41, 5.74) is -0.592. The first-order valence-electron chi connectivity index (χ1n) is 16.9. The van der Waals surface area contributed by atoms with Gasteiger partial charge in [-0.3, -0.25) is 9.59 Å². The van der Waals surface area contributed by atoms with Crippen LogP contribution in [0.5, 0.6) is 0 Å². The van der Waals surface area contributed by atoms with Crippen LogP contribution in [0, 0.1) is 23.2 Å². The van der Waals surface area contributed by atoms with Gasteiger partial charge < -0.3 is 9.47 Å². The van der Waals surface area contributed by atoms with Gasteiger partial charge in [0.05, 0.1) is 18.6 Å². The summed E-state index contributed by atoms with van der Waals surface area (Å²) in [6, 6.07) is 0. The number of carbonyl (C=O) groups excluding carboxylic acids is 2. The predicted octanol–water partition coefficient (Wildman–Crippen LogP) is 10.8. The van der Waals surface area contributed by atoms with Gasteiger partial charge in [-0.1, -0.05) is 137 Å². The van der Waals surface area contributed by atoms with Crippen LogP contribution in [0.25, 0.3) is 0 Å². The third-order valence-corrected chi connectivity index (χ3v) is 8.39. The molecule has 0 spiro atoms. The zero-order chi connectivity index (χ0) is 29.4. The maximum atomic E-state index is 12.7. The minimum absolute atomic E-state index is 0.0637. The van der Waals surface area contributed by atoms with Crippen LogP contribution >= 0.6 is 0 Å². The number of unbranched alkanes of at least 4 members (excludes halogenated alkanes) is 14. The van der Waals surface area contributed by atoms with Gasteiger partial charge in [-0.05, 0) is 50.9 Å². The fraction of sp³-hybridized carbons (Fsp3) is 0.943. The molecule has 0 aliphatic rings. The van der Waals surface area contributed by atoms with Crippen LogP contribution in [0.1, 0.15) is 177 Å². The quantitative estimate of drug-likeness (QED) is 0.0751. The standard InChI is InChI=1S/C35H68O4/c1-30(2)24-20-16-12-8-10-14-18-22-28-38-33(36)27-26-32(5)35(6,7)34(37)39-29-23-19-15-11-9-13-17-21-25-31(3)4/h30-32H,8-29H2,1-7H3. The molecule has 0 amide bonds. The van der Waals surface area contributed by atoms with Gasteiger partial charge in [0.2, 0.25) is 0 Å². The van der Waals surface area contributed by atoms with E-state index >= 15 is 0 Å². The molecule has 0 saturated heterocycles. The highest BCUT2D eigenvalue weighted by molar-refractivity contribution is 5.76. The van der Waals surface area contributed by atoms with Gasteiger partial charge in [-0.25, -0.2) is 0 Å². The summed E-state index contributed by atoms with van der Waals surface area (Å²) in [7, 11) is 0. The van der Waals surface area contributed by atoms with Gasteiger partial charge in [0.1, 0.15) is 0 Å². The zero-order valence-corrected chi connectivity index (χ0v) is 27.4. The smallest absolute Gasteiger partial charge is 0.311 e. The molecule has 0 aromatic heterocycles. The second kappa shape index (κ2) is 24.7. The molecule has 0 fully saturated rings. The molecule has 0 bridgehead atoms. The Bertz CT molecular complexity index is 581. The largest absolute Gasteiger partial charge is 0.466 e. The SMILES string of the molecule is CC(C)CCCCCCCCCCOC(=O)CCC(C)C(C)(C)C(=O)OCCCCCCCCCCC(C)C. The van der Waals surface area contributed by atoms with Crippen molar-refractivity contribution in [3.8, 4) is 0 Å². The minimum Gasteiger partial charge on any atom is -0.466 e. The van der Waals surface area contributed by atoms with Crippen LogP contribution in [0.15, 0.2) is 0 Å². The molecule has 0 aromatic rings. The normalized spacial score (nSPS) is 12.7. The van der Waals surface area contributed by atoms with E-state index < -0.39 is 5.41 Å². The second-order valence-electron chi connectivity index (χ2n) is 13.5. The average Bonchev–Trinajstić information content (AvgIpc) is 2.88. The van der Waals surface area contributed by atoms with E-state index in [2.05, 4.69) is 27.7 Å². The van der Waals surface area contributed by atoms with Crippen LogP contribution in [0.2, 0.25) is 0 Å². The van der Waals surface area contributed by atoms with Gasteiger partial charge >= 0.3 is 11.9 Å². The number of rotatable bonds is 27. The van der Waals surface area contributed by atoms with E-state index in [1.165, 1.54) is 89.9 Å². The van der Waals surface area contributed by atoms with E-state index in [4.69, 9.17) is 9.47 Å². The number of ether oxygens (including phenoxy) is 2. The van der Waals surface area contributed by atoms with Gasteiger partial charge in [0, 0.05) is 6.42 Å². The van der Waals surface area contributed by atoms with Crippen molar-refractivity contribution in [3.05, 3.63) is 0 Å². The maximum absolute atomic E-state index is 12.7. The lowest BCUT2D eigenvalue weighted by Gasteiger charge is -2.29. The van der Waals surface area contributed by atoms with Gasteiger partial charge in [0.25, 0.3) is 0 Å². The fourth-order valence-corrected chi connectivity index (χ4v) is 4.94. The number of esters is 2. The van der Waals surface area contributed by atoms with Crippen molar-refractivity contribution in [2.75, 3.05) is 13.2 Å². The molecular formula is C35H68O4. The summed E-state index contributed by atoms with van der Waals surface area (Å²) in [5, 5.41) is 0. The van der Waals surface area contributed by atoms with Crippen LogP contribution < -0.4 is 0 Å². The van der Waals surface area contributed by atoms with E-state index in [0.29, 0.717) is 26.1 Å². The molecule has 0 N–H and O–H groups in total. The molecule has 232 valence electrons. The summed E-state index contributed by atoms with van der Waals surface area (Å²) >= 11 is 0. The highest BCUT2D eigenvalue weighted by atomic mass is 16.5. The summed E-state index contributed by atoms with van der Waals surface area (Å²) in [6.45, 7) is 16.1. The highest BCUT2D eigenvalue weighted by Gasteiger charge is 2.35. The molecule has 0 saturated carbocycles. The predicted molar refractivity (Wildman–Crippen MR) is 167 cm³/mol. The molecule has 39 heavy (non-hydrogen) atoms. The third kappa shape index (κ3) is 23.4. The number of hydrogen-bond acceptors (Lipinski definition) is 4. The Kier molecular flexibility index (Phi) is 24.0. The monoisotopic (exact) mass is 553 g/mol. The van der Waals surface area contributed by atoms with Crippen molar-refractivity contribution in [1.82, 2.24) is 0 Å². The first kappa shape index (κ1) is 37.9. The molecule has 4 nitrogen and oxygen atoms in total. The molecule has 0 aliphatic heterocycles. The van der Waals surface area contributed by atoms with Crippen LogP contribution in [-0.4, -0.2) is 25.2 Å². The molecule has 0 heterocycles. The summed E-state index contributed by atoms with van der Waals surface area (Å²) < 4.78 is 11.1.